The molecule has 7 heteroatoms. The number of benzene rings is 1. The van der Waals surface area contributed by atoms with Crippen LogP contribution >= 0.6 is 11.6 Å². The SMILES string of the molecule is N#Cc1ccc(CS(=O)(=O)Cc2ncc(Cl)cc2O)cc1. The van der Waals surface area contributed by atoms with E-state index in [2.05, 4.69) is 4.98 Å². The Morgan fingerprint density at radius 1 is 1.24 bits per heavy atom. The highest BCUT2D eigenvalue weighted by Gasteiger charge is 2.17. The lowest BCUT2D eigenvalue weighted by molar-refractivity contribution is 0.466. The summed E-state index contributed by atoms with van der Waals surface area (Å²) in [4.78, 5) is 3.83. The fourth-order valence-electron chi connectivity index (χ4n) is 1.76. The van der Waals surface area contributed by atoms with Gasteiger partial charge in [-0.3, -0.25) is 4.98 Å². The number of hydrogen-bond acceptors (Lipinski definition) is 5. The van der Waals surface area contributed by atoms with Crippen molar-refractivity contribution in [2.45, 2.75) is 11.5 Å². The lowest BCUT2D eigenvalue weighted by Crippen LogP contribution is -2.09. The first-order valence-electron chi connectivity index (χ1n) is 5.92. The van der Waals surface area contributed by atoms with E-state index < -0.39 is 9.84 Å². The highest BCUT2D eigenvalue weighted by Crippen LogP contribution is 2.22. The van der Waals surface area contributed by atoms with Crippen LogP contribution in [0, 0.1) is 11.3 Å². The Kier molecular flexibility index (Phi) is 4.46. The van der Waals surface area contributed by atoms with Crippen molar-refractivity contribution in [3.63, 3.8) is 0 Å². The molecule has 0 bridgehead atoms. The van der Waals surface area contributed by atoms with Gasteiger partial charge in [0, 0.05) is 12.3 Å². The number of hydrogen-bond donors (Lipinski definition) is 1. The topological polar surface area (TPSA) is 91.0 Å². The van der Waals surface area contributed by atoms with Crippen molar-refractivity contribution in [2.75, 3.05) is 0 Å². The maximum Gasteiger partial charge on any atom is 0.160 e. The molecule has 21 heavy (non-hydrogen) atoms. The highest BCUT2D eigenvalue weighted by molar-refractivity contribution is 7.89. The molecule has 0 amide bonds. The quantitative estimate of drug-likeness (QED) is 0.933. The van der Waals surface area contributed by atoms with E-state index in [0.717, 1.165) is 0 Å². The van der Waals surface area contributed by atoms with Crippen LogP contribution in [0.4, 0.5) is 0 Å². The van der Waals surface area contributed by atoms with Crippen molar-refractivity contribution in [1.29, 1.82) is 5.26 Å². The number of pyridine rings is 1. The monoisotopic (exact) mass is 322 g/mol. The maximum absolute atomic E-state index is 12.1. The molecule has 0 radical (unpaired) electrons. The molecule has 1 aromatic heterocycles. The van der Waals surface area contributed by atoms with Gasteiger partial charge < -0.3 is 5.11 Å². The molecule has 1 aromatic carbocycles. The number of aromatic nitrogens is 1. The van der Waals surface area contributed by atoms with Crippen molar-refractivity contribution < 1.29 is 13.5 Å². The first kappa shape index (κ1) is 15.3. The third-order valence-corrected chi connectivity index (χ3v) is 4.43. The smallest absolute Gasteiger partial charge is 0.160 e. The van der Waals surface area contributed by atoms with Crippen molar-refractivity contribution in [3.05, 3.63) is 58.4 Å². The molecule has 0 atom stereocenters. The second kappa shape index (κ2) is 6.12. The summed E-state index contributed by atoms with van der Waals surface area (Å²) in [5, 5.41) is 18.6. The molecule has 0 fully saturated rings. The van der Waals surface area contributed by atoms with E-state index in [1.807, 2.05) is 6.07 Å². The molecule has 2 aromatic rings. The Morgan fingerprint density at radius 2 is 1.90 bits per heavy atom. The minimum atomic E-state index is -3.49. The third kappa shape index (κ3) is 4.18. The summed E-state index contributed by atoms with van der Waals surface area (Å²) in [6, 6.07) is 9.51. The summed E-state index contributed by atoms with van der Waals surface area (Å²) in [6.07, 6.45) is 1.29. The lowest BCUT2D eigenvalue weighted by Gasteiger charge is -2.06. The van der Waals surface area contributed by atoms with Gasteiger partial charge in [-0.05, 0) is 17.7 Å². The minimum Gasteiger partial charge on any atom is -0.506 e. The second-order valence-corrected chi connectivity index (χ2v) is 6.96. The van der Waals surface area contributed by atoms with Crippen molar-refractivity contribution in [1.82, 2.24) is 4.98 Å². The van der Waals surface area contributed by atoms with E-state index in [-0.39, 0.29) is 28.0 Å². The fourth-order valence-corrected chi connectivity index (χ4v) is 3.35. The summed E-state index contributed by atoms with van der Waals surface area (Å²) in [5.74, 6) is -0.816. The summed E-state index contributed by atoms with van der Waals surface area (Å²) in [6.45, 7) is 0. The molecule has 1 N–H and O–H groups in total. The normalized spacial score (nSPS) is 11.0. The van der Waals surface area contributed by atoms with Crippen LogP contribution in [0.2, 0.25) is 5.02 Å². The largest absolute Gasteiger partial charge is 0.506 e. The Labute approximate surface area is 127 Å². The van der Waals surface area contributed by atoms with Crippen LogP contribution in [-0.2, 0) is 21.3 Å². The molecule has 0 aliphatic rings. The number of halogens is 1. The average Bonchev–Trinajstić information content (AvgIpc) is 2.42. The molecular weight excluding hydrogens is 312 g/mol. The molecule has 0 spiro atoms. The van der Waals surface area contributed by atoms with Gasteiger partial charge in [0.1, 0.15) is 5.75 Å². The zero-order chi connectivity index (χ0) is 15.5. The van der Waals surface area contributed by atoms with Gasteiger partial charge in [-0.2, -0.15) is 5.26 Å². The molecule has 2 rings (SSSR count). The van der Waals surface area contributed by atoms with Crippen molar-refractivity contribution in [3.8, 4) is 11.8 Å². The van der Waals surface area contributed by atoms with Crippen LogP contribution in [-0.4, -0.2) is 18.5 Å². The number of sulfone groups is 1. The van der Waals surface area contributed by atoms with Crippen LogP contribution in [0.25, 0.3) is 0 Å². The Hall–Kier alpha value is -2.10. The van der Waals surface area contributed by atoms with Gasteiger partial charge in [-0.1, -0.05) is 23.7 Å². The number of nitrogens with zero attached hydrogens (tertiary/aromatic N) is 2. The van der Waals surface area contributed by atoms with Crippen molar-refractivity contribution >= 4 is 21.4 Å². The Morgan fingerprint density at radius 3 is 2.48 bits per heavy atom. The Bertz CT molecular complexity index is 796. The molecule has 0 saturated carbocycles. The van der Waals surface area contributed by atoms with Crippen LogP contribution in [0.5, 0.6) is 5.75 Å². The number of rotatable bonds is 4. The van der Waals surface area contributed by atoms with Gasteiger partial charge in [0.05, 0.1) is 33.9 Å². The van der Waals surface area contributed by atoms with Gasteiger partial charge in [0.25, 0.3) is 0 Å². The van der Waals surface area contributed by atoms with Gasteiger partial charge in [0.15, 0.2) is 9.84 Å². The molecule has 0 aliphatic heterocycles. The van der Waals surface area contributed by atoms with Gasteiger partial charge in [0.2, 0.25) is 0 Å². The standard InChI is InChI=1S/C14H11ClN2O3S/c15-12-5-14(18)13(17-7-12)9-21(19,20)8-11-3-1-10(6-16)2-4-11/h1-5,7,18H,8-9H2. The molecular formula is C14H11ClN2O3S. The summed E-state index contributed by atoms with van der Waals surface area (Å²) in [5.41, 5.74) is 1.10. The van der Waals surface area contributed by atoms with E-state index in [1.54, 1.807) is 24.3 Å². The lowest BCUT2D eigenvalue weighted by atomic mass is 10.2. The van der Waals surface area contributed by atoms with Crippen LogP contribution in [0.1, 0.15) is 16.8 Å². The summed E-state index contributed by atoms with van der Waals surface area (Å²) in [7, 11) is -3.49. The zero-order valence-electron chi connectivity index (χ0n) is 10.8. The van der Waals surface area contributed by atoms with Gasteiger partial charge >= 0.3 is 0 Å². The molecule has 0 unspecified atom stereocenters. The fraction of sp³-hybridized carbons (Fsp3) is 0.143. The third-order valence-electron chi connectivity index (χ3n) is 2.74. The minimum absolute atomic E-state index is 0.0630. The summed E-state index contributed by atoms with van der Waals surface area (Å²) < 4.78 is 24.2. The molecule has 5 nitrogen and oxygen atoms in total. The molecule has 0 saturated heterocycles. The zero-order valence-corrected chi connectivity index (χ0v) is 12.4. The Balaban J connectivity index is 2.16. The van der Waals surface area contributed by atoms with Crippen LogP contribution < -0.4 is 0 Å². The summed E-state index contributed by atoms with van der Waals surface area (Å²) >= 11 is 5.65. The van der Waals surface area contributed by atoms with Gasteiger partial charge in [-0.15, -0.1) is 0 Å². The van der Waals surface area contributed by atoms with E-state index >= 15 is 0 Å². The number of nitriles is 1. The van der Waals surface area contributed by atoms with E-state index in [0.29, 0.717) is 11.1 Å². The van der Waals surface area contributed by atoms with E-state index in [1.165, 1.54) is 12.3 Å². The molecule has 0 aliphatic carbocycles. The highest BCUT2D eigenvalue weighted by atomic mass is 35.5. The number of aromatic hydroxyl groups is 1. The van der Waals surface area contributed by atoms with E-state index in [9.17, 15) is 13.5 Å². The van der Waals surface area contributed by atoms with Crippen molar-refractivity contribution in [2.24, 2.45) is 0 Å². The maximum atomic E-state index is 12.1. The van der Waals surface area contributed by atoms with Crippen LogP contribution in [0.3, 0.4) is 0 Å². The van der Waals surface area contributed by atoms with Gasteiger partial charge in [-0.25, -0.2) is 8.42 Å². The van der Waals surface area contributed by atoms with E-state index in [4.69, 9.17) is 16.9 Å². The molecule has 1 heterocycles. The predicted molar refractivity (Wildman–Crippen MR) is 78.4 cm³/mol. The first-order chi connectivity index (χ1) is 9.89. The first-order valence-corrected chi connectivity index (χ1v) is 8.12. The molecule has 108 valence electrons. The second-order valence-electron chi connectivity index (χ2n) is 4.46. The average molecular weight is 323 g/mol. The van der Waals surface area contributed by atoms with Crippen LogP contribution in [0.15, 0.2) is 36.5 Å². The predicted octanol–water partition coefficient (Wildman–Crippen LogP) is 2.43.